The molecule has 0 spiro atoms. The summed E-state index contributed by atoms with van der Waals surface area (Å²) in [7, 11) is 0. The van der Waals surface area contributed by atoms with Crippen molar-refractivity contribution >= 4 is 11.6 Å². The lowest BCUT2D eigenvalue weighted by atomic mass is 10.1. The van der Waals surface area contributed by atoms with Gasteiger partial charge in [-0.05, 0) is 45.0 Å². The van der Waals surface area contributed by atoms with Crippen molar-refractivity contribution in [2.45, 2.75) is 32.9 Å². The molecule has 0 amide bonds. The van der Waals surface area contributed by atoms with Crippen LogP contribution in [0.25, 0.3) is 0 Å². The van der Waals surface area contributed by atoms with E-state index < -0.39 is 0 Å². The highest BCUT2D eigenvalue weighted by Gasteiger charge is 2.12. The second-order valence-electron chi connectivity index (χ2n) is 5.77. The zero-order valence-corrected chi connectivity index (χ0v) is 12.9. The summed E-state index contributed by atoms with van der Waals surface area (Å²) in [4.78, 5) is 0. The first-order valence-electron chi connectivity index (χ1n) is 6.70. The summed E-state index contributed by atoms with van der Waals surface area (Å²) in [5.41, 5.74) is 1.15. The van der Waals surface area contributed by atoms with Gasteiger partial charge in [0.2, 0.25) is 0 Å². The Morgan fingerprint density at radius 1 is 1.05 bits per heavy atom. The highest BCUT2D eigenvalue weighted by molar-refractivity contribution is 6.30. The van der Waals surface area contributed by atoms with Crippen molar-refractivity contribution < 1.29 is 4.74 Å². The Bertz CT molecular complexity index is 561. The molecule has 2 rings (SSSR count). The molecule has 0 unspecified atom stereocenters. The highest BCUT2D eigenvalue weighted by Crippen LogP contribution is 2.28. The maximum absolute atomic E-state index is 6.07. The monoisotopic (exact) mass is 289 g/mol. The molecular weight excluding hydrogens is 270 g/mol. The normalized spacial score (nSPS) is 11.4. The van der Waals surface area contributed by atoms with Crippen LogP contribution in [-0.2, 0) is 6.54 Å². The third-order valence-electron chi connectivity index (χ3n) is 2.81. The molecule has 0 heterocycles. The summed E-state index contributed by atoms with van der Waals surface area (Å²) in [6, 6.07) is 15.5. The standard InChI is InChI=1S/C17H20ClNO/c1-17(2,3)19-12-13-9-10-14(18)11-16(13)20-15-7-5-4-6-8-15/h4-11,19H,12H2,1-3H3. The fraction of sp³-hybridized carbons (Fsp3) is 0.294. The molecule has 20 heavy (non-hydrogen) atoms. The third-order valence-corrected chi connectivity index (χ3v) is 3.04. The van der Waals surface area contributed by atoms with E-state index in [1.807, 2.05) is 48.5 Å². The largest absolute Gasteiger partial charge is 0.457 e. The fourth-order valence-electron chi connectivity index (χ4n) is 1.75. The maximum Gasteiger partial charge on any atom is 0.133 e. The lowest BCUT2D eigenvalue weighted by molar-refractivity contribution is 0.414. The molecule has 0 saturated heterocycles. The van der Waals surface area contributed by atoms with Crippen molar-refractivity contribution in [3.05, 3.63) is 59.1 Å². The molecule has 106 valence electrons. The van der Waals surface area contributed by atoms with E-state index in [9.17, 15) is 0 Å². The number of benzene rings is 2. The predicted octanol–water partition coefficient (Wildman–Crippen LogP) is 5.02. The molecular formula is C17H20ClNO. The van der Waals surface area contributed by atoms with E-state index in [0.717, 1.165) is 23.6 Å². The van der Waals surface area contributed by atoms with Crippen LogP contribution in [0.2, 0.25) is 5.02 Å². The summed E-state index contributed by atoms with van der Waals surface area (Å²) in [5, 5.41) is 4.14. The van der Waals surface area contributed by atoms with Crippen LogP contribution in [0.5, 0.6) is 11.5 Å². The Morgan fingerprint density at radius 3 is 2.40 bits per heavy atom. The van der Waals surface area contributed by atoms with Crippen molar-refractivity contribution in [3.8, 4) is 11.5 Å². The number of hydrogen-bond donors (Lipinski definition) is 1. The van der Waals surface area contributed by atoms with E-state index in [2.05, 4.69) is 26.1 Å². The SMILES string of the molecule is CC(C)(C)NCc1ccc(Cl)cc1Oc1ccccc1. The van der Waals surface area contributed by atoms with Gasteiger partial charge in [-0.15, -0.1) is 0 Å². The van der Waals surface area contributed by atoms with Crippen LogP contribution in [0.4, 0.5) is 0 Å². The van der Waals surface area contributed by atoms with Gasteiger partial charge >= 0.3 is 0 Å². The van der Waals surface area contributed by atoms with Crippen molar-refractivity contribution in [3.63, 3.8) is 0 Å². The molecule has 0 bridgehead atoms. The fourth-order valence-corrected chi connectivity index (χ4v) is 1.91. The number of hydrogen-bond acceptors (Lipinski definition) is 2. The third kappa shape index (κ3) is 4.55. The van der Waals surface area contributed by atoms with E-state index in [4.69, 9.17) is 16.3 Å². The summed E-state index contributed by atoms with van der Waals surface area (Å²) in [6.07, 6.45) is 0. The Labute approximate surface area is 125 Å². The van der Waals surface area contributed by atoms with Gasteiger partial charge in [0.25, 0.3) is 0 Å². The molecule has 0 fully saturated rings. The van der Waals surface area contributed by atoms with Crippen LogP contribution in [0, 0.1) is 0 Å². The average Bonchev–Trinajstić information content (AvgIpc) is 2.38. The predicted molar refractivity (Wildman–Crippen MR) is 84.6 cm³/mol. The van der Waals surface area contributed by atoms with E-state index in [0.29, 0.717) is 5.02 Å². The minimum Gasteiger partial charge on any atom is -0.457 e. The Morgan fingerprint density at radius 2 is 1.75 bits per heavy atom. The first-order valence-corrected chi connectivity index (χ1v) is 7.08. The molecule has 2 aromatic rings. The van der Waals surface area contributed by atoms with Crippen molar-refractivity contribution in [1.29, 1.82) is 0 Å². The summed E-state index contributed by atoms with van der Waals surface area (Å²) in [6.45, 7) is 7.16. The van der Waals surface area contributed by atoms with Crippen molar-refractivity contribution in [2.24, 2.45) is 0 Å². The van der Waals surface area contributed by atoms with Crippen molar-refractivity contribution in [2.75, 3.05) is 0 Å². The molecule has 0 aliphatic heterocycles. The van der Waals surface area contributed by atoms with Gasteiger partial charge in [0.05, 0.1) is 0 Å². The van der Waals surface area contributed by atoms with Gasteiger partial charge in [-0.1, -0.05) is 35.9 Å². The van der Waals surface area contributed by atoms with Gasteiger partial charge in [-0.3, -0.25) is 0 Å². The van der Waals surface area contributed by atoms with E-state index in [1.165, 1.54) is 0 Å². The van der Waals surface area contributed by atoms with Gasteiger partial charge in [-0.25, -0.2) is 0 Å². The van der Waals surface area contributed by atoms with E-state index in [1.54, 1.807) is 0 Å². The minimum atomic E-state index is 0.0592. The van der Waals surface area contributed by atoms with Gasteiger partial charge < -0.3 is 10.1 Å². The number of rotatable bonds is 4. The van der Waals surface area contributed by atoms with Gasteiger partial charge in [0.15, 0.2) is 0 Å². The lowest BCUT2D eigenvalue weighted by Gasteiger charge is -2.21. The molecule has 0 aromatic heterocycles. The van der Waals surface area contributed by atoms with Crippen LogP contribution in [-0.4, -0.2) is 5.54 Å². The number of halogens is 1. The zero-order valence-electron chi connectivity index (χ0n) is 12.1. The maximum atomic E-state index is 6.07. The topological polar surface area (TPSA) is 21.3 Å². The highest BCUT2D eigenvalue weighted by atomic mass is 35.5. The average molecular weight is 290 g/mol. The lowest BCUT2D eigenvalue weighted by Crippen LogP contribution is -2.35. The quantitative estimate of drug-likeness (QED) is 0.853. The summed E-state index contributed by atoms with van der Waals surface area (Å²) < 4.78 is 5.93. The summed E-state index contributed by atoms with van der Waals surface area (Å²) >= 11 is 6.07. The molecule has 3 heteroatoms. The molecule has 0 aliphatic carbocycles. The zero-order chi connectivity index (χ0) is 14.6. The molecule has 0 aliphatic rings. The first-order chi connectivity index (χ1) is 9.44. The number of nitrogens with one attached hydrogen (secondary N) is 1. The number of ether oxygens (including phenoxy) is 1. The van der Waals surface area contributed by atoms with Crippen LogP contribution in [0.3, 0.4) is 0 Å². The smallest absolute Gasteiger partial charge is 0.133 e. The molecule has 0 atom stereocenters. The number of para-hydroxylation sites is 1. The molecule has 0 radical (unpaired) electrons. The Hall–Kier alpha value is -1.51. The van der Waals surface area contributed by atoms with Crippen molar-refractivity contribution in [1.82, 2.24) is 5.32 Å². The minimum absolute atomic E-state index is 0.0592. The van der Waals surface area contributed by atoms with E-state index in [-0.39, 0.29) is 5.54 Å². The Balaban J connectivity index is 2.20. The molecule has 1 N–H and O–H groups in total. The van der Waals surface area contributed by atoms with Gasteiger partial charge in [0.1, 0.15) is 11.5 Å². The van der Waals surface area contributed by atoms with Crippen LogP contribution in [0.1, 0.15) is 26.3 Å². The second-order valence-corrected chi connectivity index (χ2v) is 6.21. The summed E-state index contributed by atoms with van der Waals surface area (Å²) in [5.74, 6) is 1.60. The van der Waals surface area contributed by atoms with Crippen LogP contribution in [0.15, 0.2) is 48.5 Å². The van der Waals surface area contributed by atoms with Gasteiger partial charge in [0, 0.05) is 22.7 Å². The van der Waals surface area contributed by atoms with Crippen LogP contribution >= 0.6 is 11.6 Å². The molecule has 0 saturated carbocycles. The second kappa shape index (κ2) is 6.29. The molecule has 2 aromatic carbocycles. The first kappa shape index (κ1) is 14.9. The Kier molecular flexibility index (Phi) is 4.69. The van der Waals surface area contributed by atoms with Crippen LogP contribution < -0.4 is 10.1 Å². The van der Waals surface area contributed by atoms with E-state index >= 15 is 0 Å². The molecule has 2 nitrogen and oxygen atoms in total. The van der Waals surface area contributed by atoms with Gasteiger partial charge in [-0.2, -0.15) is 0 Å².